The standard InChI is InChI=1S/C20H18FN5/c1-11-7-14(21)19-16(8-11)24-20(25(19)2)17-9-13-12(10-22)3-4-15-18(13)26(17)6-5-23-15/h3-4,7-9,20,23-24H,5-6H2,1-2H3. The number of benzene rings is 2. The molecule has 0 radical (unpaired) electrons. The van der Waals surface area contributed by atoms with Crippen molar-refractivity contribution in [2.75, 3.05) is 29.1 Å². The Morgan fingerprint density at radius 1 is 1.23 bits per heavy atom. The van der Waals surface area contributed by atoms with E-state index < -0.39 is 0 Å². The fraction of sp³-hybridized carbons (Fsp3) is 0.250. The van der Waals surface area contributed by atoms with Gasteiger partial charge in [0.25, 0.3) is 0 Å². The summed E-state index contributed by atoms with van der Waals surface area (Å²) in [7, 11) is 1.90. The summed E-state index contributed by atoms with van der Waals surface area (Å²) in [5.74, 6) is -0.215. The molecule has 2 aliphatic heterocycles. The van der Waals surface area contributed by atoms with Crippen LogP contribution in [-0.2, 0) is 6.54 Å². The van der Waals surface area contributed by atoms with Crippen LogP contribution < -0.4 is 15.5 Å². The first-order valence-corrected chi connectivity index (χ1v) is 8.68. The molecule has 130 valence electrons. The van der Waals surface area contributed by atoms with Crippen LogP contribution in [0.1, 0.15) is 23.0 Å². The van der Waals surface area contributed by atoms with Crippen molar-refractivity contribution in [1.82, 2.24) is 4.57 Å². The molecule has 1 aromatic heterocycles. The Morgan fingerprint density at radius 2 is 2.08 bits per heavy atom. The van der Waals surface area contributed by atoms with E-state index in [0.717, 1.165) is 46.6 Å². The molecule has 3 aromatic rings. The summed E-state index contributed by atoms with van der Waals surface area (Å²) in [4.78, 5) is 1.94. The summed E-state index contributed by atoms with van der Waals surface area (Å²) in [6, 6.07) is 11.7. The molecule has 1 unspecified atom stereocenters. The second kappa shape index (κ2) is 5.15. The molecular weight excluding hydrogens is 329 g/mol. The molecule has 5 nitrogen and oxygen atoms in total. The first kappa shape index (κ1) is 15.1. The van der Waals surface area contributed by atoms with E-state index in [9.17, 15) is 9.65 Å². The Labute approximate surface area is 150 Å². The van der Waals surface area contributed by atoms with Gasteiger partial charge in [0.15, 0.2) is 0 Å². The number of aryl methyl sites for hydroxylation is 1. The predicted molar refractivity (Wildman–Crippen MR) is 101 cm³/mol. The highest BCUT2D eigenvalue weighted by Crippen LogP contribution is 2.44. The topological polar surface area (TPSA) is 56.0 Å². The molecule has 3 heterocycles. The smallest absolute Gasteiger partial charge is 0.148 e. The highest BCUT2D eigenvalue weighted by atomic mass is 19.1. The minimum absolute atomic E-state index is 0.175. The van der Waals surface area contributed by atoms with E-state index in [1.54, 1.807) is 6.07 Å². The van der Waals surface area contributed by atoms with E-state index in [0.29, 0.717) is 11.3 Å². The van der Waals surface area contributed by atoms with Crippen molar-refractivity contribution in [2.45, 2.75) is 19.6 Å². The molecule has 5 rings (SSSR count). The van der Waals surface area contributed by atoms with E-state index in [4.69, 9.17) is 0 Å². The fourth-order valence-electron chi connectivity index (χ4n) is 4.26. The summed E-state index contributed by atoms with van der Waals surface area (Å²) in [5.41, 5.74) is 6.08. The van der Waals surface area contributed by atoms with Crippen molar-refractivity contribution < 1.29 is 4.39 Å². The van der Waals surface area contributed by atoms with Crippen molar-refractivity contribution in [2.24, 2.45) is 0 Å². The first-order valence-electron chi connectivity index (χ1n) is 8.68. The van der Waals surface area contributed by atoms with Gasteiger partial charge >= 0.3 is 0 Å². The fourth-order valence-corrected chi connectivity index (χ4v) is 4.26. The Balaban J connectivity index is 1.71. The molecule has 2 N–H and O–H groups in total. The third kappa shape index (κ3) is 1.88. The van der Waals surface area contributed by atoms with Gasteiger partial charge in [-0.25, -0.2) is 4.39 Å². The second-order valence-electron chi connectivity index (χ2n) is 6.98. The molecule has 26 heavy (non-hydrogen) atoms. The molecule has 2 aliphatic rings. The molecule has 0 saturated carbocycles. The number of hydrogen-bond acceptors (Lipinski definition) is 4. The molecule has 1 atom stereocenters. The molecule has 0 amide bonds. The molecule has 0 bridgehead atoms. The van der Waals surface area contributed by atoms with E-state index in [1.165, 1.54) is 0 Å². The van der Waals surface area contributed by atoms with Crippen molar-refractivity contribution in [3.8, 4) is 6.07 Å². The number of fused-ring (bicyclic) bond motifs is 1. The summed E-state index contributed by atoms with van der Waals surface area (Å²) < 4.78 is 16.8. The third-order valence-electron chi connectivity index (χ3n) is 5.38. The van der Waals surface area contributed by atoms with Gasteiger partial charge in [-0.15, -0.1) is 0 Å². The van der Waals surface area contributed by atoms with Crippen LogP contribution in [0.2, 0.25) is 0 Å². The normalized spacial score (nSPS) is 17.6. The van der Waals surface area contributed by atoms with Gasteiger partial charge in [-0.05, 0) is 42.8 Å². The minimum Gasteiger partial charge on any atom is -0.382 e. The van der Waals surface area contributed by atoms with Gasteiger partial charge in [0.1, 0.15) is 12.0 Å². The lowest BCUT2D eigenvalue weighted by Crippen LogP contribution is -2.28. The molecular formula is C20H18FN5. The van der Waals surface area contributed by atoms with Gasteiger partial charge in [0, 0.05) is 25.5 Å². The molecule has 6 heteroatoms. The molecule has 0 spiro atoms. The maximum Gasteiger partial charge on any atom is 0.148 e. The van der Waals surface area contributed by atoms with Crippen molar-refractivity contribution in [3.63, 3.8) is 0 Å². The van der Waals surface area contributed by atoms with Crippen LogP contribution in [0.25, 0.3) is 10.9 Å². The zero-order valence-corrected chi connectivity index (χ0v) is 14.6. The Hall–Kier alpha value is -3.20. The van der Waals surface area contributed by atoms with Gasteiger partial charge in [-0.2, -0.15) is 5.26 Å². The first-order chi connectivity index (χ1) is 12.6. The summed E-state index contributed by atoms with van der Waals surface area (Å²) in [6.45, 7) is 3.53. The SMILES string of the molecule is Cc1cc(F)c2c(c1)NC(c1cc3c(C#N)ccc4c3n1CCN4)N2C. The van der Waals surface area contributed by atoms with Crippen LogP contribution in [0.4, 0.5) is 21.5 Å². The Morgan fingerprint density at radius 3 is 2.88 bits per heavy atom. The molecule has 0 saturated heterocycles. The van der Waals surface area contributed by atoms with Gasteiger partial charge in [0.2, 0.25) is 0 Å². The van der Waals surface area contributed by atoms with E-state index >= 15 is 0 Å². The highest BCUT2D eigenvalue weighted by molar-refractivity contribution is 5.97. The number of nitrogens with zero attached hydrogens (tertiary/aromatic N) is 3. The number of hydrogen-bond donors (Lipinski definition) is 2. The van der Waals surface area contributed by atoms with E-state index in [1.807, 2.05) is 37.1 Å². The third-order valence-corrected chi connectivity index (χ3v) is 5.38. The average Bonchev–Trinajstić information content (AvgIpc) is 3.15. The number of rotatable bonds is 1. The number of anilines is 3. The molecule has 2 aromatic carbocycles. The van der Waals surface area contributed by atoms with E-state index in [2.05, 4.69) is 27.3 Å². The number of nitriles is 1. The lowest BCUT2D eigenvalue weighted by Gasteiger charge is -2.26. The van der Waals surface area contributed by atoms with Crippen molar-refractivity contribution in [1.29, 1.82) is 5.26 Å². The van der Waals surface area contributed by atoms with E-state index in [-0.39, 0.29) is 12.0 Å². The highest BCUT2D eigenvalue weighted by Gasteiger charge is 2.33. The lowest BCUT2D eigenvalue weighted by atomic mass is 10.1. The lowest BCUT2D eigenvalue weighted by molar-refractivity contribution is 0.611. The number of aromatic nitrogens is 1. The maximum atomic E-state index is 14.5. The Bertz CT molecular complexity index is 1110. The Kier molecular flexibility index (Phi) is 2.99. The zero-order valence-electron chi connectivity index (χ0n) is 14.6. The second-order valence-corrected chi connectivity index (χ2v) is 6.98. The predicted octanol–water partition coefficient (Wildman–Crippen LogP) is 3.95. The number of halogens is 1. The average molecular weight is 347 g/mol. The van der Waals surface area contributed by atoms with Crippen LogP contribution in [0.5, 0.6) is 0 Å². The van der Waals surface area contributed by atoms with Crippen LogP contribution in [0, 0.1) is 24.1 Å². The van der Waals surface area contributed by atoms with Crippen LogP contribution in [-0.4, -0.2) is 18.2 Å². The monoisotopic (exact) mass is 347 g/mol. The van der Waals surface area contributed by atoms with Gasteiger partial charge < -0.3 is 20.1 Å². The van der Waals surface area contributed by atoms with Gasteiger partial charge in [-0.1, -0.05) is 0 Å². The van der Waals surface area contributed by atoms with Crippen molar-refractivity contribution >= 4 is 28.0 Å². The van der Waals surface area contributed by atoms with Gasteiger partial charge in [0.05, 0.1) is 39.9 Å². The summed E-state index contributed by atoms with van der Waals surface area (Å²) in [5, 5.41) is 17.3. The van der Waals surface area contributed by atoms with Crippen LogP contribution >= 0.6 is 0 Å². The maximum absolute atomic E-state index is 14.5. The molecule has 0 fully saturated rings. The van der Waals surface area contributed by atoms with Gasteiger partial charge in [-0.3, -0.25) is 0 Å². The quantitative estimate of drug-likeness (QED) is 0.700. The van der Waals surface area contributed by atoms with Crippen molar-refractivity contribution in [3.05, 3.63) is 53.0 Å². The number of nitrogens with one attached hydrogen (secondary N) is 2. The summed E-state index contributed by atoms with van der Waals surface area (Å²) in [6.07, 6.45) is -0.175. The largest absolute Gasteiger partial charge is 0.382 e. The molecule has 0 aliphatic carbocycles. The van der Waals surface area contributed by atoms with Crippen LogP contribution in [0.15, 0.2) is 30.3 Å². The zero-order chi connectivity index (χ0) is 18.0. The van der Waals surface area contributed by atoms with Crippen LogP contribution in [0.3, 0.4) is 0 Å². The minimum atomic E-state index is -0.215. The summed E-state index contributed by atoms with van der Waals surface area (Å²) >= 11 is 0.